The van der Waals surface area contributed by atoms with Crippen molar-refractivity contribution < 1.29 is 9.59 Å². The maximum absolute atomic E-state index is 13.6. The fraction of sp³-hybridized carbons (Fsp3) is 0.154. The van der Waals surface area contributed by atoms with Crippen LogP contribution in [0.3, 0.4) is 0 Å². The molecule has 0 bridgehead atoms. The molecule has 0 saturated carbocycles. The first-order valence-electron chi connectivity index (χ1n) is 10.1. The van der Waals surface area contributed by atoms with Gasteiger partial charge in [-0.25, -0.2) is 4.90 Å². The number of benzene rings is 3. The normalized spacial score (nSPS) is 13.9. The molecule has 1 heterocycles. The molecule has 0 spiro atoms. The third-order valence-corrected chi connectivity index (χ3v) is 5.33. The lowest BCUT2D eigenvalue weighted by Gasteiger charge is -2.25. The van der Waals surface area contributed by atoms with Gasteiger partial charge in [-0.15, -0.1) is 0 Å². The zero-order valence-corrected chi connectivity index (χ0v) is 17.2. The molecule has 30 heavy (non-hydrogen) atoms. The number of anilines is 1. The average molecular weight is 396 g/mol. The van der Waals surface area contributed by atoms with Gasteiger partial charge in [-0.2, -0.15) is 0 Å². The maximum Gasteiger partial charge on any atom is 0.282 e. The van der Waals surface area contributed by atoms with Crippen molar-refractivity contribution >= 4 is 23.1 Å². The summed E-state index contributed by atoms with van der Waals surface area (Å²) in [5.41, 5.74) is 4.46. The van der Waals surface area contributed by atoms with E-state index in [0.29, 0.717) is 30.0 Å². The van der Waals surface area contributed by atoms with Crippen LogP contribution in [-0.2, 0) is 16.1 Å². The second kappa shape index (κ2) is 8.37. The maximum atomic E-state index is 13.6. The van der Waals surface area contributed by atoms with Gasteiger partial charge in [0.05, 0.1) is 11.3 Å². The van der Waals surface area contributed by atoms with Gasteiger partial charge in [0.1, 0.15) is 5.70 Å². The fourth-order valence-electron chi connectivity index (χ4n) is 3.76. The molecule has 0 saturated heterocycles. The van der Waals surface area contributed by atoms with Crippen LogP contribution in [-0.4, -0.2) is 23.3 Å². The van der Waals surface area contributed by atoms with E-state index < -0.39 is 0 Å². The van der Waals surface area contributed by atoms with Gasteiger partial charge in [0.2, 0.25) is 0 Å². The van der Waals surface area contributed by atoms with Crippen molar-refractivity contribution in [3.05, 3.63) is 107 Å². The largest absolute Gasteiger partial charge is 0.362 e. The number of para-hydroxylation sites is 1. The molecule has 3 aromatic rings. The van der Waals surface area contributed by atoms with Crippen molar-refractivity contribution in [3.8, 4) is 0 Å². The third-order valence-electron chi connectivity index (χ3n) is 5.33. The summed E-state index contributed by atoms with van der Waals surface area (Å²) in [5.74, 6) is -0.559. The first-order valence-corrected chi connectivity index (χ1v) is 10.1. The standard InChI is InChI=1S/C26H24N2O2/c1-3-27(18-20-10-6-4-7-11-20)24-23(21-16-14-19(2)15-17-21)25(29)28(26(24)30)22-12-8-5-9-13-22/h4-17H,3,18H2,1-2H3. The van der Waals surface area contributed by atoms with Crippen LogP contribution in [0.25, 0.3) is 5.57 Å². The quantitative estimate of drug-likeness (QED) is 0.562. The van der Waals surface area contributed by atoms with Crippen LogP contribution in [0.2, 0.25) is 0 Å². The highest BCUT2D eigenvalue weighted by Gasteiger charge is 2.42. The van der Waals surface area contributed by atoms with E-state index in [2.05, 4.69) is 0 Å². The highest BCUT2D eigenvalue weighted by atomic mass is 16.2. The van der Waals surface area contributed by atoms with Crippen LogP contribution in [0.5, 0.6) is 0 Å². The van der Waals surface area contributed by atoms with Crippen LogP contribution < -0.4 is 4.90 Å². The molecule has 0 aliphatic carbocycles. The van der Waals surface area contributed by atoms with Gasteiger partial charge in [0.15, 0.2) is 0 Å². The van der Waals surface area contributed by atoms with Crippen LogP contribution in [0.15, 0.2) is 90.6 Å². The molecular weight excluding hydrogens is 372 g/mol. The van der Waals surface area contributed by atoms with E-state index in [1.807, 2.05) is 91.5 Å². The van der Waals surface area contributed by atoms with E-state index in [1.165, 1.54) is 4.90 Å². The van der Waals surface area contributed by atoms with Crippen LogP contribution >= 0.6 is 0 Å². The summed E-state index contributed by atoms with van der Waals surface area (Å²) in [5, 5.41) is 0. The van der Waals surface area contributed by atoms with Gasteiger partial charge in [0, 0.05) is 13.1 Å². The smallest absolute Gasteiger partial charge is 0.282 e. The van der Waals surface area contributed by atoms with E-state index in [9.17, 15) is 9.59 Å². The first-order chi connectivity index (χ1) is 14.6. The second-order valence-electron chi connectivity index (χ2n) is 7.37. The van der Waals surface area contributed by atoms with E-state index in [1.54, 1.807) is 12.1 Å². The number of rotatable bonds is 6. The summed E-state index contributed by atoms with van der Waals surface area (Å²) < 4.78 is 0. The fourth-order valence-corrected chi connectivity index (χ4v) is 3.76. The number of hydrogen-bond donors (Lipinski definition) is 0. The van der Waals surface area contributed by atoms with E-state index >= 15 is 0 Å². The number of nitrogens with zero attached hydrogens (tertiary/aromatic N) is 2. The Hall–Kier alpha value is -3.66. The number of imide groups is 1. The minimum absolute atomic E-state index is 0.278. The topological polar surface area (TPSA) is 40.6 Å². The Morgan fingerprint density at radius 3 is 1.97 bits per heavy atom. The summed E-state index contributed by atoms with van der Waals surface area (Å²) in [6.07, 6.45) is 0. The summed E-state index contributed by atoms with van der Waals surface area (Å²) >= 11 is 0. The van der Waals surface area contributed by atoms with Crippen LogP contribution in [0, 0.1) is 6.92 Å². The van der Waals surface area contributed by atoms with Crippen molar-refractivity contribution in [1.29, 1.82) is 0 Å². The molecular formula is C26H24N2O2. The predicted octanol–water partition coefficient (Wildman–Crippen LogP) is 4.80. The molecule has 0 fully saturated rings. The Labute approximate surface area is 177 Å². The summed E-state index contributed by atoms with van der Waals surface area (Å²) in [4.78, 5) is 30.4. The Morgan fingerprint density at radius 1 is 0.767 bits per heavy atom. The molecule has 4 rings (SSSR count). The molecule has 4 nitrogen and oxygen atoms in total. The molecule has 2 amide bonds. The van der Waals surface area contributed by atoms with Crippen LogP contribution in [0.1, 0.15) is 23.6 Å². The van der Waals surface area contributed by atoms with Crippen molar-refractivity contribution in [2.24, 2.45) is 0 Å². The zero-order chi connectivity index (χ0) is 21.1. The lowest BCUT2D eigenvalue weighted by Crippen LogP contribution is -2.35. The Morgan fingerprint density at radius 2 is 1.37 bits per heavy atom. The molecule has 0 radical (unpaired) electrons. The third kappa shape index (κ3) is 3.64. The molecule has 4 heteroatoms. The average Bonchev–Trinajstić information content (AvgIpc) is 3.04. The van der Waals surface area contributed by atoms with E-state index in [0.717, 1.165) is 16.7 Å². The molecule has 0 N–H and O–H groups in total. The van der Waals surface area contributed by atoms with E-state index in [4.69, 9.17) is 0 Å². The minimum Gasteiger partial charge on any atom is -0.362 e. The molecule has 3 aromatic carbocycles. The number of hydrogen-bond acceptors (Lipinski definition) is 3. The van der Waals surface area contributed by atoms with Crippen molar-refractivity contribution in [3.63, 3.8) is 0 Å². The van der Waals surface area contributed by atoms with Crippen molar-refractivity contribution in [2.75, 3.05) is 11.4 Å². The first kappa shape index (κ1) is 19.6. The van der Waals surface area contributed by atoms with Crippen molar-refractivity contribution in [1.82, 2.24) is 4.90 Å². The summed E-state index contributed by atoms with van der Waals surface area (Å²) in [7, 11) is 0. The highest BCUT2D eigenvalue weighted by Crippen LogP contribution is 2.35. The van der Waals surface area contributed by atoms with Gasteiger partial charge in [-0.1, -0.05) is 78.4 Å². The Balaban J connectivity index is 1.83. The second-order valence-corrected chi connectivity index (χ2v) is 7.37. The molecule has 150 valence electrons. The number of amides is 2. The summed E-state index contributed by atoms with van der Waals surface area (Å²) in [6.45, 7) is 5.18. The summed E-state index contributed by atoms with van der Waals surface area (Å²) in [6, 6.07) is 26.9. The van der Waals surface area contributed by atoms with Gasteiger partial charge in [-0.3, -0.25) is 9.59 Å². The number of carbonyl (C=O) groups is 2. The van der Waals surface area contributed by atoms with Gasteiger partial charge < -0.3 is 4.90 Å². The zero-order valence-electron chi connectivity index (χ0n) is 17.2. The van der Waals surface area contributed by atoms with Gasteiger partial charge in [0.25, 0.3) is 11.8 Å². The van der Waals surface area contributed by atoms with Gasteiger partial charge in [-0.05, 0) is 37.1 Å². The van der Waals surface area contributed by atoms with Crippen molar-refractivity contribution in [2.45, 2.75) is 20.4 Å². The lowest BCUT2D eigenvalue weighted by atomic mass is 10.0. The van der Waals surface area contributed by atoms with E-state index in [-0.39, 0.29) is 11.8 Å². The minimum atomic E-state index is -0.281. The van der Waals surface area contributed by atoms with Gasteiger partial charge >= 0.3 is 0 Å². The Bertz CT molecular complexity index is 1090. The SMILES string of the molecule is CCN(Cc1ccccc1)C1=C(c2ccc(C)cc2)C(=O)N(c2ccccc2)C1=O. The molecule has 1 aliphatic rings. The predicted molar refractivity (Wildman–Crippen MR) is 120 cm³/mol. The number of carbonyl (C=O) groups excluding carboxylic acids is 2. The molecule has 0 aromatic heterocycles. The molecule has 0 atom stereocenters. The number of likely N-dealkylation sites (N-methyl/N-ethyl adjacent to an activating group) is 1. The molecule has 0 unspecified atom stereocenters. The lowest BCUT2D eigenvalue weighted by molar-refractivity contribution is -0.120. The highest BCUT2D eigenvalue weighted by molar-refractivity contribution is 6.45. The number of aryl methyl sites for hydroxylation is 1. The Kier molecular flexibility index (Phi) is 5.48. The van der Waals surface area contributed by atoms with Crippen LogP contribution in [0.4, 0.5) is 5.69 Å². The molecule has 1 aliphatic heterocycles. The monoisotopic (exact) mass is 396 g/mol.